The monoisotopic (exact) mass is 394 g/mol. The third kappa shape index (κ3) is 7.20. The van der Waals surface area contributed by atoms with Crippen LogP contribution in [0.1, 0.15) is 15.9 Å². The van der Waals surface area contributed by atoms with Crippen molar-refractivity contribution in [2.75, 3.05) is 20.3 Å². The SMILES string of the molecule is COc1ccc(CCNC(=O)CONC(=O)c2ccc(OC(F)F)cc2)cc1. The summed E-state index contributed by atoms with van der Waals surface area (Å²) in [4.78, 5) is 28.4. The predicted octanol–water partition coefficient (Wildman–Crippen LogP) is 2.32. The Morgan fingerprint density at radius 1 is 1.00 bits per heavy atom. The van der Waals surface area contributed by atoms with Crippen molar-refractivity contribution in [2.24, 2.45) is 0 Å². The lowest BCUT2D eigenvalue weighted by Gasteiger charge is -2.08. The van der Waals surface area contributed by atoms with Crippen LogP contribution in [0, 0.1) is 0 Å². The predicted molar refractivity (Wildman–Crippen MR) is 96.2 cm³/mol. The third-order valence-corrected chi connectivity index (χ3v) is 3.60. The highest BCUT2D eigenvalue weighted by Crippen LogP contribution is 2.15. The highest BCUT2D eigenvalue weighted by molar-refractivity contribution is 5.93. The van der Waals surface area contributed by atoms with E-state index in [1.807, 2.05) is 24.3 Å². The quantitative estimate of drug-likeness (QED) is 0.604. The number of benzene rings is 2. The smallest absolute Gasteiger partial charge is 0.387 e. The minimum Gasteiger partial charge on any atom is -0.497 e. The van der Waals surface area contributed by atoms with Gasteiger partial charge < -0.3 is 14.8 Å². The normalized spacial score (nSPS) is 10.4. The Balaban J connectivity index is 1.64. The van der Waals surface area contributed by atoms with Crippen LogP contribution in [0.4, 0.5) is 8.78 Å². The lowest BCUT2D eigenvalue weighted by atomic mass is 10.1. The molecule has 2 aromatic carbocycles. The van der Waals surface area contributed by atoms with E-state index in [0.29, 0.717) is 13.0 Å². The number of ether oxygens (including phenoxy) is 2. The van der Waals surface area contributed by atoms with E-state index < -0.39 is 18.4 Å². The van der Waals surface area contributed by atoms with E-state index >= 15 is 0 Å². The lowest BCUT2D eigenvalue weighted by Crippen LogP contribution is -2.33. The van der Waals surface area contributed by atoms with Crippen LogP contribution in [0.5, 0.6) is 11.5 Å². The van der Waals surface area contributed by atoms with Crippen molar-refractivity contribution in [3.63, 3.8) is 0 Å². The van der Waals surface area contributed by atoms with Crippen molar-refractivity contribution >= 4 is 11.8 Å². The molecule has 0 aromatic heterocycles. The van der Waals surface area contributed by atoms with Gasteiger partial charge >= 0.3 is 6.61 Å². The van der Waals surface area contributed by atoms with Crippen molar-refractivity contribution in [1.29, 1.82) is 0 Å². The van der Waals surface area contributed by atoms with Crippen LogP contribution in [-0.4, -0.2) is 38.7 Å². The number of alkyl halides is 2. The zero-order valence-corrected chi connectivity index (χ0v) is 15.1. The molecule has 0 saturated carbocycles. The van der Waals surface area contributed by atoms with Crippen LogP contribution in [0.25, 0.3) is 0 Å². The summed E-state index contributed by atoms with van der Waals surface area (Å²) in [5.74, 6) is -0.319. The Kier molecular flexibility index (Phi) is 8.16. The molecule has 2 amide bonds. The van der Waals surface area contributed by atoms with E-state index in [0.717, 1.165) is 11.3 Å². The number of carbonyl (C=O) groups excluding carboxylic acids is 2. The van der Waals surface area contributed by atoms with Crippen molar-refractivity contribution < 1.29 is 32.7 Å². The van der Waals surface area contributed by atoms with Crippen LogP contribution in [0.2, 0.25) is 0 Å². The van der Waals surface area contributed by atoms with E-state index in [2.05, 4.69) is 15.5 Å². The second-order valence-corrected chi connectivity index (χ2v) is 5.57. The average molecular weight is 394 g/mol. The fourth-order valence-corrected chi connectivity index (χ4v) is 2.20. The number of hydroxylamine groups is 1. The van der Waals surface area contributed by atoms with Gasteiger partial charge in [-0.3, -0.25) is 14.4 Å². The first-order valence-corrected chi connectivity index (χ1v) is 8.34. The van der Waals surface area contributed by atoms with Gasteiger partial charge in [0.2, 0.25) is 5.91 Å². The molecular formula is C19H20F2N2O5. The van der Waals surface area contributed by atoms with E-state index in [9.17, 15) is 18.4 Å². The lowest BCUT2D eigenvalue weighted by molar-refractivity contribution is -0.127. The maximum absolute atomic E-state index is 12.1. The van der Waals surface area contributed by atoms with Crippen LogP contribution in [0.15, 0.2) is 48.5 Å². The van der Waals surface area contributed by atoms with Gasteiger partial charge in [-0.15, -0.1) is 0 Å². The molecule has 7 nitrogen and oxygen atoms in total. The zero-order chi connectivity index (χ0) is 20.4. The zero-order valence-electron chi connectivity index (χ0n) is 15.1. The molecule has 0 unspecified atom stereocenters. The number of hydrogen-bond acceptors (Lipinski definition) is 5. The van der Waals surface area contributed by atoms with Crippen molar-refractivity contribution in [2.45, 2.75) is 13.0 Å². The Hall–Kier alpha value is -3.20. The number of halogens is 2. The molecule has 2 rings (SSSR count). The van der Waals surface area contributed by atoms with E-state index in [4.69, 9.17) is 9.57 Å². The summed E-state index contributed by atoms with van der Waals surface area (Å²) in [7, 11) is 1.59. The Morgan fingerprint density at radius 2 is 1.64 bits per heavy atom. The summed E-state index contributed by atoms with van der Waals surface area (Å²) < 4.78 is 33.4. The summed E-state index contributed by atoms with van der Waals surface area (Å²) in [6, 6.07) is 12.5. The number of hydrogen-bond donors (Lipinski definition) is 2. The first kappa shape index (κ1) is 21.1. The molecule has 9 heteroatoms. The van der Waals surface area contributed by atoms with Crippen molar-refractivity contribution in [1.82, 2.24) is 10.8 Å². The Morgan fingerprint density at radius 3 is 2.25 bits per heavy atom. The molecule has 28 heavy (non-hydrogen) atoms. The van der Waals surface area contributed by atoms with E-state index in [1.54, 1.807) is 7.11 Å². The van der Waals surface area contributed by atoms with Gasteiger partial charge in [0, 0.05) is 12.1 Å². The Bertz CT molecular complexity index is 767. The Labute approximate surface area is 160 Å². The highest BCUT2D eigenvalue weighted by Gasteiger charge is 2.09. The molecule has 0 atom stereocenters. The molecule has 0 aliphatic heterocycles. The van der Waals surface area contributed by atoms with Crippen LogP contribution in [-0.2, 0) is 16.1 Å². The molecule has 0 aliphatic carbocycles. The van der Waals surface area contributed by atoms with Gasteiger partial charge in [-0.1, -0.05) is 12.1 Å². The summed E-state index contributed by atoms with van der Waals surface area (Å²) >= 11 is 0. The molecule has 2 N–H and O–H groups in total. The van der Waals surface area contributed by atoms with Gasteiger partial charge in [0.15, 0.2) is 6.61 Å². The minimum atomic E-state index is -2.94. The minimum absolute atomic E-state index is 0.0660. The van der Waals surface area contributed by atoms with Gasteiger partial charge in [0.1, 0.15) is 11.5 Å². The van der Waals surface area contributed by atoms with Crippen molar-refractivity contribution in [3.8, 4) is 11.5 Å². The van der Waals surface area contributed by atoms with Gasteiger partial charge in [-0.05, 0) is 48.4 Å². The summed E-state index contributed by atoms with van der Waals surface area (Å²) in [6.45, 7) is -2.89. The number of rotatable bonds is 10. The summed E-state index contributed by atoms with van der Waals surface area (Å²) in [5.41, 5.74) is 3.31. The number of methoxy groups -OCH3 is 1. The summed E-state index contributed by atoms with van der Waals surface area (Å²) in [5, 5.41) is 2.66. The topological polar surface area (TPSA) is 85.9 Å². The van der Waals surface area contributed by atoms with Crippen LogP contribution in [0.3, 0.4) is 0 Å². The largest absolute Gasteiger partial charge is 0.497 e. The first-order valence-electron chi connectivity index (χ1n) is 8.34. The third-order valence-electron chi connectivity index (χ3n) is 3.60. The number of nitrogens with one attached hydrogen (secondary N) is 2. The number of amides is 2. The van der Waals surface area contributed by atoms with Gasteiger partial charge in [-0.2, -0.15) is 8.78 Å². The average Bonchev–Trinajstić information content (AvgIpc) is 2.68. The molecular weight excluding hydrogens is 374 g/mol. The van der Waals surface area contributed by atoms with Crippen molar-refractivity contribution in [3.05, 3.63) is 59.7 Å². The standard InChI is InChI=1S/C19H20F2N2O5/c1-26-15-6-2-13(3-7-15)10-11-22-17(24)12-27-23-18(25)14-4-8-16(9-5-14)28-19(20)21/h2-9,19H,10-12H2,1H3,(H,22,24)(H,23,25). The van der Waals surface area contributed by atoms with E-state index in [1.165, 1.54) is 24.3 Å². The molecule has 0 aliphatic rings. The summed E-state index contributed by atoms with van der Waals surface area (Å²) in [6.07, 6.45) is 0.634. The maximum Gasteiger partial charge on any atom is 0.387 e. The molecule has 0 spiro atoms. The molecule has 0 saturated heterocycles. The fraction of sp³-hybridized carbons (Fsp3) is 0.263. The second-order valence-electron chi connectivity index (χ2n) is 5.57. The van der Waals surface area contributed by atoms with Gasteiger partial charge in [0.05, 0.1) is 7.11 Å². The molecule has 0 radical (unpaired) electrons. The van der Waals surface area contributed by atoms with Crippen LogP contribution < -0.4 is 20.3 Å². The van der Waals surface area contributed by atoms with Gasteiger partial charge in [-0.25, -0.2) is 5.48 Å². The first-order chi connectivity index (χ1) is 13.5. The highest BCUT2D eigenvalue weighted by atomic mass is 19.3. The maximum atomic E-state index is 12.1. The second kappa shape index (κ2) is 10.8. The molecule has 0 heterocycles. The molecule has 150 valence electrons. The van der Waals surface area contributed by atoms with E-state index in [-0.39, 0.29) is 17.9 Å². The van der Waals surface area contributed by atoms with Crippen LogP contribution >= 0.6 is 0 Å². The molecule has 2 aromatic rings. The molecule has 0 bridgehead atoms. The number of carbonyl (C=O) groups is 2. The fourth-order valence-electron chi connectivity index (χ4n) is 2.20. The molecule has 0 fully saturated rings. The van der Waals surface area contributed by atoms with Gasteiger partial charge in [0.25, 0.3) is 5.91 Å².